The molecular weight excluding hydrogens is 218 g/mol. The van der Waals surface area contributed by atoms with Crippen LogP contribution < -0.4 is 0 Å². The van der Waals surface area contributed by atoms with Crippen LogP contribution in [0.25, 0.3) is 0 Å². The van der Waals surface area contributed by atoms with Crippen molar-refractivity contribution in [2.45, 2.75) is 58.4 Å². The van der Waals surface area contributed by atoms with Crippen molar-refractivity contribution in [2.24, 2.45) is 0 Å². The molecule has 0 amide bonds. The molecule has 0 radical (unpaired) electrons. The van der Waals surface area contributed by atoms with Crippen LogP contribution in [0.15, 0.2) is 0 Å². The minimum Gasteiger partial charge on any atom is -0.480 e. The second-order valence-corrected chi connectivity index (χ2v) is 4.49. The maximum atomic E-state index is 11.4. The second kappa shape index (κ2) is 8.48. The summed E-state index contributed by atoms with van der Waals surface area (Å²) in [6, 6.07) is 0. The molecule has 0 aliphatic rings. The van der Waals surface area contributed by atoms with Gasteiger partial charge in [0.05, 0.1) is 6.61 Å². The van der Waals surface area contributed by atoms with Crippen LogP contribution in [0.5, 0.6) is 0 Å². The highest BCUT2D eigenvalue weighted by atomic mass is 16.4. The van der Waals surface area contributed by atoms with Crippen molar-refractivity contribution in [3.8, 4) is 0 Å². The fourth-order valence-corrected chi connectivity index (χ4v) is 2.19. The summed E-state index contributed by atoms with van der Waals surface area (Å²) in [7, 11) is 0. The van der Waals surface area contributed by atoms with Gasteiger partial charge < -0.3 is 10.2 Å². The highest BCUT2D eigenvalue weighted by Crippen LogP contribution is 2.20. The molecule has 0 saturated carbocycles. The van der Waals surface area contributed by atoms with E-state index in [1.165, 1.54) is 12.8 Å². The summed E-state index contributed by atoms with van der Waals surface area (Å²) >= 11 is 0. The Hall–Kier alpha value is -0.610. The van der Waals surface area contributed by atoms with Gasteiger partial charge >= 0.3 is 5.97 Å². The Balaban J connectivity index is 4.51. The molecule has 0 rings (SSSR count). The number of hydrogen-bond donors (Lipinski definition) is 2. The maximum absolute atomic E-state index is 11.4. The van der Waals surface area contributed by atoms with Crippen LogP contribution in [0.3, 0.4) is 0 Å². The van der Waals surface area contributed by atoms with E-state index in [-0.39, 0.29) is 6.61 Å². The lowest BCUT2D eigenvalue weighted by Crippen LogP contribution is -2.57. The van der Waals surface area contributed by atoms with Gasteiger partial charge in [-0.3, -0.25) is 9.69 Å². The van der Waals surface area contributed by atoms with Gasteiger partial charge in [0.1, 0.15) is 5.54 Å². The number of hydrogen-bond acceptors (Lipinski definition) is 3. The number of likely N-dealkylation sites (N-methyl/N-ethyl adjacent to an activating group) is 1. The molecular formula is C13H27NO3. The van der Waals surface area contributed by atoms with Crippen molar-refractivity contribution in [3.63, 3.8) is 0 Å². The van der Waals surface area contributed by atoms with Crippen LogP contribution >= 0.6 is 0 Å². The van der Waals surface area contributed by atoms with Crippen LogP contribution in [-0.4, -0.2) is 46.3 Å². The summed E-state index contributed by atoms with van der Waals surface area (Å²) in [5.41, 5.74) is -1.10. The Bertz CT molecular complexity index is 215. The lowest BCUT2D eigenvalue weighted by molar-refractivity contribution is -0.155. The van der Waals surface area contributed by atoms with E-state index in [9.17, 15) is 15.0 Å². The molecule has 4 nitrogen and oxygen atoms in total. The van der Waals surface area contributed by atoms with E-state index < -0.39 is 11.5 Å². The minimum atomic E-state index is -1.10. The van der Waals surface area contributed by atoms with Crippen LogP contribution in [0, 0.1) is 0 Å². The first-order valence-corrected chi connectivity index (χ1v) is 6.68. The standard InChI is InChI=1S/C13H27NO3/c1-4-7-8-9-10-14(6-3)13(5-2,11-15)12(16)17/h15H,4-11H2,1-3H3,(H,16,17)/t13-/m0/s1. The molecule has 0 saturated heterocycles. The number of nitrogens with zero attached hydrogens (tertiary/aromatic N) is 1. The van der Waals surface area contributed by atoms with Gasteiger partial charge in [0, 0.05) is 0 Å². The van der Waals surface area contributed by atoms with Gasteiger partial charge in [-0.15, -0.1) is 0 Å². The van der Waals surface area contributed by atoms with Gasteiger partial charge in [-0.05, 0) is 25.9 Å². The first kappa shape index (κ1) is 16.4. The van der Waals surface area contributed by atoms with Crippen LogP contribution in [-0.2, 0) is 4.79 Å². The molecule has 0 unspecified atom stereocenters. The smallest absolute Gasteiger partial charge is 0.326 e. The van der Waals surface area contributed by atoms with Gasteiger partial charge in [0.2, 0.25) is 0 Å². The molecule has 1 atom stereocenters. The van der Waals surface area contributed by atoms with Gasteiger partial charge in [-0.1, -0.05) is 40.0 Å². The first-order valence-electron chi connectivity index (χ1n) is 6.68. The summed E-state index contributed by atoms with van der Waals surface area (Å²) < 4.78 is 0. The predicted octanol–water partition coefficient (Wildman–Crippen LogP) is 2.11. The molecule has 0 fully saturated rings. The summed E-state index contributed by atoms with van der Waals surface area (Å²) in [5.74, 6) is -0.917. The van der Waals surface area contributed by atoms with Crippen molar-refractivity contribution in [1.82, 2.24) is 4.90 Å². The normalized spacial score (nSPS) is 14.9. The molecule has 0 spiro atoms. The molecule has 2 N–H and O–H groups in total. The van der Waals surface area contributed by atoms with Crippen LogP contribution in [0.2, 0.25) is 0 Å². The fourth-order valence-electron chi connectivity index (χ4n) is 2.19. The molecule has 0 aromatic carbocycles. The average Bonchev–Trinajstić information content (AvgIpc) is 2.33. The third-order valence-corrected chi connectivity index (χ3v) is 3.51. The third kappa shape index (κ3) is 4.28. The predicted molar refractivity (Wildman–Crippen MR) is 69.1 cm³/mol. The first-order chi connectivity index (χ1) is 8.08. The number of carboxylic acid groups (broad SMARTS) is 1. The Morgan fingerprint density at radius 2 is 1.82 bits per heavy atom. The van der Waals surface area contributed by atoms with Gasteiger partial charge in [0.25, 0.3) is 0 Å². The minimum absolute atomic E-state index is 0.319. The zero-order valence-electron chi connectivity index (χ0n) is 11.4. The van der Waals surface area contributed by atoms with Crippen molar-refractivity contribution >= 4 is 5.97 Å². The van der Waals surface area contributed by atoms with Crippen molar-refractivity contribution in [2.75, 3.05) is 19.7 Å². The number of carboxylic acids is 1. The fraction of sp³-hybridized carbons (Fsp3) is 0.923. The largest absolute Gasteiger partial charge is 0.480 e. The lowest BCUT2D eigenvalue weighted by Gasteiger charge is -2.38. The molecule has 17 heavy (non-hydrogen) atoms. The second-order valence-electron chi connectivity index (χ2n) is 4.49. The third-order valence-electron chi connectivity index (χ3n) is 3.51. The van der Waals surface area contributed by atoms with E-state index >= 15 is 0 Å². The zero-order chi connectivity index (χ0) is 13.3. The SMILES string of the molecule is CCCCCCN(CC)[C@@](CC)(CO)C(=O)O. The Labute approximate surface area is 105 Å². The number of aliphatic hydroxyl groups excluding tert-OH is 1. The monoisotopic (exact) mass is 245 g/mol. The maximum Gasteiger partial charge on any atom is 0.326 e. The van der Waals surface area contributed by atoms with E-state index in [4.69, 9.17) is 0 Å². The van der Waals surface area contributed by atoms with Crippen molar-refractivity contribution in [1.29, 1.82) is 0 Å². The summed E-state index contributed by atoms with van der Waals surface area (Å²) in [6.07, 6.45) is 4.90. The molecule has 0 aromatic rings. The van der Waals surface area contributed by atoms with Crippen molar-refractivity contribution in [3.05, 3.63) is 0 Å². The molecule has 0 bridgehead atoms. The number of rotatable bonds is 10. The van der Waals surface area contributed by atoms with Gasteiger partial charge in [0.15, 0.2) is 0 Å². The van der Waals surface area contributed by atoms with Crippen molar-refractivity contribution < 1.29 is 15.0 Å². The molecule has 0 aliphatic carbocycles. The van der Waals surface area contributed by atoms with Crippen LogP contribution in [0.1, 0.15) is 52.9 Å². The van der Waals surface area contributed by atoms with Gasteiger partial charge in [-0.2, -0.15) is 0 Å². The number of aliphatic hydroxyl groups is 1. The zero-order valence-corrected chi connectivity index (χ0v) is 11.4. The molecule has 0 heterocycles. The quantitative estimate of drug-likeness (QED) is 0.579. The number of carbonyl (C=O) groups is 1. The molecule has 0 aliphatic heterocycles. The van der Waals surface area contributed by atoms with Gasteiger partial charge in [-0.25, -0.2) is 0 Å². The van der Waals surface area contributed by atoms with E-state index in [0.717, 1.165) is 19.4 Å². The summed E-state index contributed by atoms with van der Waals surface area (Å²) in [4.78, 5) is 13.3. The average molecular weight is 245 g/mol. The number of aliphatic carboxylic acids is 1. The van der Waals surface area contributed by atoms with E-state index in [2.05, 4.69) is 6.92 Å². The Morgan fingerprint density at radius 3 is 2.18 bits per heavy atom. The summed E-state index contributed by atoms with van der Waals surface area (Å²) in [5, 5.41) is 18.8. The lowest BCUT2D eigenvalue weighted by atomic mass is 9.94. The molecule has 0 aromatic heterocycles. The highest BCUT2D eigenvalue weighted by Gasteiger charge is 2.41. The number of unbranched alkanes of at least 4 members (excludes halogenated alkanes) is 3. The van der Waals surface area contributed by atoms with Crippen LogP contribution in [0.4, 0.5) is 0 Å². The molecule has 4 heteroatoms. The molecule has 102 valence electrons. The Morgan fingerprint density at radius 1 is 1.18 bits per heavy atom. The van der Waals surface area contributed by atoms with E-state index in [1.54, 1.807) is 0 Å². The Kier molecular flexibility index (Phi) is 8.17. The summed E-state index contributed by atoms with van der Waals surface area (Å²) in [6.45, 7) is 7.01. The topological polar surface area (TPSA) is 60.8 Å². The van der Waals surface area contributed by atoms with E-state index in [0.29, 0.717) is 13.0 Å². The van der Waals surface area contributed by atoms with E-state index in [1.807, 2.05) is 18.7 Å². The highest BCUT2D eigenvalue weighted by molar-refractivity contribution is 5.79.